The summed E-state index contributed by atoms with van der Waals surface area (Å²) in [6.45, 7) is 15.8. The Labute approximate surface area is 142 Å². The van der Waals surface area contributed by atoms with Crippen molar-refractivity contribution < 1.29 is 13.9 Å². The van der Waals surface area contributed by atoms with Crippen LogP contribution >= 0.6 is 0 Å². The smallest absolute Gasteiger partial charge is 0.184 e. The van der Waals surface area contributed by atoms with Crippen LogP contribution in [0.25, 0.3) is 0 Å². The van der Waals surface area contributed by atoms with E-state index in [1.165, 1.54) is 5.56 Å². The molecular weight excluding hydrogens is 304 g/mol. The van der Waals surface area contributed by atoms with E-state index in [4.69, 9.17) is 13.9 Å². The Morgan fingerprint density at radius 2 is 1.70 bits per heavy atom. The molecule has 1 aliphatic heterocycles. The highest BCUT2D eigenvalue weighted by molar-refractivity contribution is 6.69. The molecule has 130 valence electrons. The molecule has 0 radical (unpaired) electrons. The maximum Gasteiger partial charge on any atom is 0.184 e. The molecule has 23 heavy (non-hydrogen) atoms. The van der Waals surface area contributed by atoms with Gasteiger partial charge in [-0.25, -0.2) is 0 Å². The fraction of sp³-hybridized carbons (Fsp3) is 0.684. The molecule has 1 heterocycles. The first-order valence-electron chi connectivity index (χ1n) is 8.54. The standard InChI is InChI=1S/C19H32O3Si/c1-9-16-19(18(2,3)4,22-23(6,7)8)17(21-16)14-10-12-15(20-5)13-11-14/h10-13,16-17H,9H2,1-8H3/t16-,17+,19+/m0/s1. The fourth-order valence-corrected chi connectivity index (χ4v) is 5.18. The lowest BCUT2D eigenvalue weighted by molar-refractivity contribution is -0.324. The van der Waals surface area contributed by atoms with Gasteiger partial charge in [-0.3, -0.25) is 0 Å². The van der Waals surface area contributed by atoms with Crippen molar-refractivity contribution in [3.63, 3.8) is 0 Å². The van der Waals surface area contributed by atoms with Gasteiger partial charge in [0.25, 0.3) is 0 Å². The third-order valence-electron chi connectivity index (χ3n) is 4.60. The molecule has 3 nitrogen and oxygen atoms in total. The van der Waals surface area contributed by atoms with Gasteiger partial charge in [-0.05, 0) is 49.2 Å². The van der Waals surface area contributed by atoms with Crippen molar-refractivity contribution >= 4 is 8.32 Å². The lowest BCUT2D eigenvalue weighted by Gasteiger charge is -2.63. The van der Waals surface area contributed by atoms with E-state index in [2.05, 4.69) is 59.5 Å². The van der Waals surface area contributed by atoms with Crippen LogP contribution in [0.2, 0.25) is 19.6 Å². The second-order valence-electron chi connectivity index (χ2n) is 8.44. The fourth-order valence-electron chi connectivity index (χ4n) is 3.62. The zero-order valence-electron chi connectivity index (χ0n) is 15.9. The van der Waals surface area contributed by atoms with Crippen molar-refractivity contribution in [2.24, 2.45) is 5.41 Å². The van der Waals surface area contributed by atoms with Gasteiger partial charge in [-0.2, -0.15) is 0 Å². The van der Waals surface area contributed by atoms with Crippen molar-refractivity contribution in [3.8, 4) is 5.75 Å². The summed E-state index contributed by atoms with van der Waals surface area (Å²) in [6, 6.07) is 8.20. The second kappa shape index (κ2) is 6.23. The molecule has 0 amide bonds. The SMILES string of the molecule is CC[C@@H]1O[C@H](c2ccc(OC)cc2)[C@@]1(O[Si](C)(C)C)C(C)(C)C. The maximum atomic E-state index is 6.84. The zero-order valence-corrected chi connectivity index (χ0v) is 16.9. The number of hydrogen-bond acceptors (Lipinski definition) is 3. The summed E-state index contributed by atoms with van der Waals surface area (Å²) in [4.78, 5) is 0. The Morgan fingerprint density at radius 3 is 2.09 bits per heavy atom. The minimum absolute atomic E-state index is 0.00317. The van der Waals surface area contributed by atoms with E-state index in [1.807, 2.05) is 12.1 Å². The molecule has 0 saturated carbocycles. The van der Waals surface area contributed by atoms with Gasteiger partial charge in [0.2, 0.25) is 0 Å². The normalized spacial score (nSPS) is 28.3. The Kier molecular flexibility index (Phi) is 5.01. The molecule has 3 atom stereocenters. The number of ether oxygens (including phenoxy) is 2. The second-order valence-corrected chi connectivity index (χ2v) is 12.9. The number of rotatable bonds is 5. The van der Waals surface area contributed by atoms with Crippen LogP contribution in [0.5, 0.6) is 5.75 Å². The molecule has 2 rings (SSSR count). The third-order valence-corrected chi connectivity index (χ3v) is 5.55. The van der Waals surface area contributed by atoms with Gasteiger partial charge in [-0.15, -0.1) is 0 Å². The van der Waals surface area contributed by atoms with E-state index in [1.54, 1.807) is 7.11 Å². The van der Waals surface area contributed by atoms with Crippen molar-refractivity contribution in [2.45, 2.75) is 71.6 Å². The molecule has 0 spiro atoms. The monoisotopic (exact) mass is 336 g/mol. The van der Waals surface area contributed by atoms with E-state index in [-0.39, 0.29) is 23.2 Å². The van der Waals surface area contributed by atoms with Gasteiger partial charge < -0.3 is 13.9 Å². The Hall–Kier alpha value is -0.843. The first kappa shape index (κ1) is 18.5. The van der Waals surface area contributed by atoms with Gasteiger partial charge in [0.1, 0.15) is 17.5 Å². The molecular formula is C19H32O3Si. The van der Waals surface area contributed by atoms with Crippen molar-refractivity contribution in [3.05, 3.63) is 29.8 Å². The van der Waals surface area contributed by atoms with Crippen LogP contribution in [-0.4, -0.2) is 27.1 Å². The van der Waals surface area contributed by atoms with Gasteiger partial charge in [0, 0.05) is 0 Å². The largest absolute Gasteiger partial charge is 0.497 e. The van der Waals surface area contributed by atoms with Gasteiger partial charge >= 0.3 is 0 Å². The van der Waals surface area contributed by atoms with Crippen LogP contribution in [0, 0.1) is 5.41 Å². The summed E-state index contributed by atoms with van der Waals surface area (Å²) < 4.78 is 18.4. The van der Waals surface area contributed by atoms with Crippen LogP contribution in [-0.2, 0) is 9.16 Å². The summed E-state index contributed by atoms with van der Waals surface area (Å²) >= 11 is 0. The molecule has 1 aliphatic rings. The van der Waals surface area contributed by atoms with E-state index < -0.39 is 8.32 Å². The van der Waals surface area contributed by atoms with E-state index >= 15 is 0 Å². The maximum absolute atomic E-state index is 6.84. The molecule has 1 fully saturated rings. The minimum atomic E-state index is -1.73. The van der Waals surface area contributed by atoms with Crippen molar-refractivity contribution in [1.82, 2.24) is 0 Å². The van der Waals surface area contributed by atoms with Crippen LogP contribution in [0.4, 0.5) is 0 Å². The van der Waals surface area contributed by atoms with E-state index in [0.717, 1.165) is 12.2 Å². The lowest BCUT2D eigenvalue weighted by atomic mass is 9.64. The predicted molar refractivity (Wildman–Crippen MR) is 97.5 cm³/mol. The minimum Gasteiger partial charge on any atom is -0.497 e. The van der Waals surface area contributed by atoms with Gasteiger partial charge in [-0.1, -0.05) is 39.8 Å². The summed E-state index contributed by atoms with van der Waals surface area (Å²) in [5, 5.41) is 0. The first-order valence-corrected chi connectivity index (χ1v) is 12.0. The summed E-state index contributed by atoms with van der Waals surface area (Å²) in [7, 11) is -0.0372. The quantitative estimate of drug-likeness (QED) is 0.693. The molecule has 1 aromatic carbocycles. The first-order chi connectivity index (χ1) is 10.5. The molecule has 4 heteroatoms. The van der Waals surface area contributed by atoms with Crippen molar-refractivity contribution in [2.75, 3.05) is 7.11 Å². The average Bonchev–Trinajstić information content (AvgIpc) is 2.42. The van der Waals surface area contributed by atoms with E-state index in [9.17, 15) is 0 Å². The van der Waals surface area contributed by atoms with Crippen molar-refractivity contribution in [1.29, 1.82) is 0 Å². The molecule has 0 aromatic heterocycles. The lowest BCUT2D eigenvalue weighted by Crippen LogP contribution is -2.70. The highest BCUT2D eigenvalue weighted by atomic mass is 28.4. The van der Waals surface area contributed by atoms with Crippen LogP contribution in [0.15, 0.2) is 24.3 Å². The highest BCUT2D eigenvalue weighted by Gasteiger charge is 2.64. The Morgan fingerprint density at radius 1 is 1.13 bits per heavy atom. The van der Waals surface area contributed by atoms with Crippen LogP contribution < -0.4 is 4.74 Å². The predicted octanol–water partition coefficient (Wildman–Crippen LogP) is 5.18. The molecule has 1 saturated heterocycles. The van der Waals surface area contributed by atoms with Gasteiger partial charge in [0.05, 0.1) is 13.2 Å². The van der Waals surface area contributed by atoms with E-state index in [0.29, 0.717) is 0 Å². The molecule has 0 bridgehead atoms. The van der Waals surface area contributed by atoms with Crippen LogP contribution in [0.3, 0.4) is 0 Å². The molecule has 0 aliphatic carbocycles. The zero-order chi connectivity index (χ0) is 17.5. The number of hydrogen-bond donors (Lipinski definition) is 0. The third kappa shape index (κ3) is 3.35. The topological polar surface area (TPSA) is 27.7 Å². The highest BCUT2D eigenvalue weighted by Crippen LogP contribution is 2.58. The summed E-state index contributed by atoms with van der Waals surface area (Å²) in [5.74, 6) is 0.868. The number of methoxy groups -OCH3 is 1. The number of benzene rings is 1. The molecule has 0 N–H and O–H groups in total. The summed E-state index contributed by atoms with van der Waals surface area (Å²) in [6.07, 6.45) is 1.08. The Bertz CT molecular complexity index is 527. The van der Waals surface area contributed by atoms with Gasteiger partial charge in [0.15, 0.2) is 8.32 Å². The van der Waals surface area contributed by atoms with Crippen LogP contribution in [0.1, 0.15) is 45.8 Å². The average molecular weight is 337 g/mol. The Balaban J connectivity index is 2.45. The summed E-state index contributed by atoms with van der Waals surface area (Å²) in [5.41, 5.74) is 0.890. The molecule has 1 aromatic rings. The molecule has 0 unspecified atom stereocenters.